The van der Waals surface area contributed by atoms with E-state index < -0.39 is 0 Å². The van der Waals surface area contributed by atoms with Gasteiger partial charge in [0.15, 0.2) is 0 Å². The summed E-state index contributed by atoms with van der Waals surface area (Å²) in [7, 11) is 4.14. The predicted molar refractivity (Wildman–Crippen MR) is 77.2 cm³/mol. The smallest absolute Gasteiger partial charge is 0.120 e. The number of rotatable bonds is 7. The maximum absolute atomic E-state index is 9.83. The van der Waals surface area contributed by atoms with Gasteiger partial charge in [-0.2, -0.15) is 0 Å². The molecule has 1 aromatic rings. The van der Waals surface area contributed by atoms with Gasteiger partial charge >= 0.3 is 0 Å². The Balaban J connectivity index is 2.66. The summed E-state index contributed by atoms with van der Waals surface area (Å²) in [5, 5.41) is 10.5. The van der Waals surface area contributed by atoms with Gasteiger partial charge in [-0.15, -0.1) is 0 Å². The van der Waals surface area contributed by atoms with Crippen LogP contribution in [-0.4, -0.2) is 48.6 Å². The van der Waals surface area contributed by atoms with Crippen LogP contribution >= 0.6 is 11.6 Å². The molecule has 0 unspecified atom stereocenters. The van der Waals surface area contributed by atoms with Gasteiger partial charge in [0.1, 0.15) is 5.75 Å². The fourth-order valence-electron chi connectivity index (χ4n) is 1.85. The second kappa shape index (κ2) is 7.62. The van der Waals surface area contributed by atoms with E-state index in [4.69, 9.17) is 11.6 Å². The van der Waals surface area contributed by atoms with Crippen molar-refractivity contribution in [3.05, 3.63) is 28.8 Å². The van der Waals surface area contributed by atoms with E-state index in [1.54, 1.807) is 12.1 Å². The first-order chi connectivity index (χ1) is 8.52. The summed E-state index contributed by atoms with van der Waals surface area (Å²) in [5.74, 6) is 0.324. The van der Waals surface area contributed by atoms with Crippen LogP contribution in [0.25, 0.3) is 0 Å². The summed E-state index contributed by atoms with van der Waals surface area (Å²) in [6.07, 6.45) is 1.11. The largest absolute Gasteiger partial charge is 0.508 e. The van der Waals surface area contributed by atoms with E-state index >= 15 is 0 Å². The maximum atomic E-state index is 9.83. The second-order valence-electron chi connectivity index (χ2n) is 4.85. The van der Waals surface area contributed by atoms with Gasteiger partial charge in [-0.25, -0.2) is 0 Å². The molecule has 0 saturated carbocycles. The lowest BCUT2D eigenvalue weighted by molar-refractivity contribution is 0.231. The number of hydrogen-bond donors (Lipinski definition) is 1. The van der Waals surface area contributed by atoms with Crippen LogP contribution in [0, 0.1) is 0 Å². The monoisotopic (exact) mass is 270 g/mol. The van der Waals surface area contributed by atoms with Gasteiger partial charge in [0.25, 0.3) is 0 Å². The lowest BCUT2D eigenvalue weighted by Gasteiger charge is -2.24. The molecule has 0 bridgehead atoms. The Morgan fingerprint density at radius 1 is 1.17 bits per heavy atom. The summed E-state index contributed by atoms with van der Waals surface area (Å²) in [4.78, 5) is 4.51. The number of nitrogens with zero attached hydrogens (tertiary/aromatic N) is 2. The van der Waals surface area contributed by atoms with E-state index in [1.165, 1.54) is 0 Å². The molecule has 0 spiro atoms. The lowest BCUT2D eigenvalue weighted by Crippen LogP contribution is -2.32. The molecule has 0 aliphatic heterocycles. The molecule has 18 heavy (non-hydrogen) atoms. The highest BCUT2D eigenvalue weighted by Crippen LogP contribution is 2.22. The first kappa shape index (κ1) is 15.3. The van der Waals surface area contributed by atoms with Gasteiger partial charge in [0.2, 0.25) is 0 Å². The minimum atomic E-state index is 0.324. The highest BCUT2D eigenvalue weighted by molar-refractivity contribution is 6.30. The molecule has 4 heteroatoms. The predicted octanol–water partition coefficient (Wildman–Crippen LogP) is 2.82. The summed E-state index contributed by atoms with van der Waals surface area (Å²) in [6, 6.07) is 5.22. The van der Waals surface area contributed by atoms with Crippen molar-refractivity contribution >= 4 is 11.6 Å². The normalized spacial score (nSPS) is 11.4. The van der Waals surface area contributed by atoms with E-state index in [2.05, 4.69) is 30.8 Å². The molecule has 102 valence electrons. The van der Waals surface area contributed by atoms with Crippen molar-refractivity contribution in [1.82, 2.24) is 9.80 Å². The number of hydrogen-bond acceptors (Lipinski definition) is 3. The van der Waals surface area contributed by atoms with Crippen molar-refractivity contribution in [2.75, 3.05) is 33.7 Å². The molecule has 0 aliphatic carbocycles. The van der Waals surface area contributed by atoms with Crippen LogP contribution in [0.2, 0.25) is 5.02 Å². The Hall–Kier alpha value is -0.770. The zero-order chi connectivity index (χ0) is 13.5. The van der Waals surface area contributed by atoms with E-state index in [9.17, 15) is 5.11 Å². The van der Waals surface area contributed by atoms with Gasteiger partial charge in [0, 0.05) is 30.2 Å². The summed E-state index contributed by atoms with van der Waals surface area (Å²) in [6.45, 7) is 5.95. The zero-order valence-electron chi connectivity index (χ0n) is 11.5. The summed E-state index contributed by atoms with van der Waals surface area (Å²) in [5.41, 5.74) is 0.898. The van der Waals surface area contributed by atoms with Gasteiger partial charge in [-0.1, -0.05) is 18.5 Å². The molecule has 0 fully saturated rings. The van der Waals surface area contributed by atoms with Crippen molar-refractivity contribution in [2.24, 2.45) is 0 Å². The molecule has 0 atom stereocenters. The first-order valence-electron chi connectivity index (χ1n) is 6.37. The number of phenols is 1. The quantitative estimate of drug-likeness (QED) is 0.825. The van der Waals surface area contributed by atoms with Crippen LogP contribution in [0.15, 0.2) is 18.2 Å². The van der Waals surface area contributed by atoms with Crippen LogP contribution < -0.4 is 0 Å². The topological polar surface area (TPSA) is 26.7 Å². The fraction of sp³-hybridized carbons (Fsp3) is 0.571. The first-order valence-corrected chi connectivity index (χ1v) is 6.75. The molecule has 0 saturated heterocycles. The SMILES string of the molecule is CCCN(CCN(C)C)Cc1cc(Cl)ccc1O. The molecule has 1 rings (SSSR count). The molecule has 0 amide bonds. The minimum Gasteiger partial charge on any atom is -0.508 e. The molecule has 1 aromatic carbocycles. The number of halogens is 1. The second-order valence-corrected chi connectivity index (χ2v) is 5.29. The van der Waals surface area contributed by atoms with Crippen LogP contribution in [0.5, 0.6) is 5.75 Å². The molecule has 3 nitrogen and oxygen atoms in total. The average Bonchev–Trinajstić information content (AvgIpc) is 2.31. The minimum absolute atomic E-state index is 0.324. The number of aromatic hydroxyl groups is 1. The zero-order valence-corrected chi connectivity index (χ0v) is 12.2. The Morgan fingerprint density at radius 2 is 1.89 bits per heavy atom. The third-order valence-corrected chi connectivity index (χ3v) is 3.07. The number of benzene rings is 1. The molecule has 0 heterocycles. The lowest BCUT2D eigenvalue weighted by atomic mass is 10.2. The Labute approximate surface area is 115 Å². The van der Waals surface area contributed by atoms with Crippen molar-refractivity contribution in [3.8, 4) is 5.75 Å². The molecule has 0 aromatic heterocycles. The van der Waals surface area contributed by atoms with Crippen LogP contribution in [0.4, 0.5) is 0 Å². The average molecular weight is 271 g/mol. The third-order valence-electron chi connectivity index (χ3n) is 2.84. The van der Waals surface area contributed by atoms with Gasteiger partial charge in [-0.3, -0.25) is 4.90 Å². The number of likely N-dealkylation sites (N-methyl/N-ethyl adjacent to an activating group) is 1. The van der Waals surface area contributed by atoms with Crippen LogP contribution in [0.3, 0.4) is 0 Å². The van der Waals surface area contributed by atoms with Crippen molar-refractivity contribution in [3.63, 3.8) is 0 Å². The van der Waals surface area contributed by atoms with E-state index in [0.717, 1.165) is 38.2 Å². The van der Waals surface area contributed by atoms with Crippen molar-refractivity contribution in [1.29, 1.82) is 0 Å². The Kier molecular flexibility index (Phi) is 6.47. The number of phenolic OH excluding ortho intramolecular Hbond substituents is 1. The van der Waals surface area contributed by atoms with E-state index in [0.29, 0.717) is 10.8 Å². The van der Waals surface area contributed by atoms with Crippen molar-refractivity contribution < 1.29 is 5.11 Å². The van der Waals surface area contributed by atoms with Gasteiger partial charge < -0.3 is 10.0 Å². The molecule has 0 aliphatic rings. The maximum Gasteiger partial charge on any atom is 0.120 e. The van der Waals surface area contributed by atoms with E-state index in [-0.39, 0.29) is 0 Å². The highest BCUT2D eigenvalue weighted by atomic mass is 35.5. The van der Waals surface area contributed by atoms with Crippen LogP contribution in [-0.2, 0) is 6.54 Å². The molecular formula is C14H23ClN2O. The van der Waals surface area contributed by atoms with Gasteiger partial charge in [0.05, 0.1) is 0 Å². The van der Waals surface area contributed by atoms with Crippen molar-refractivity contribution in [2.45, 2.75) is 19.9 Å². The molecule has 0 radical (unpaired) electrons. The summed E-state index contributed by atoms with van der Waals surface area (Å²) >= 11 is 5.97. The third kappa shape index (κ3) is 5.25. The van der Waals surface area contributed by atoms with Gasteiger partial charge in [-0.05, 0) is 45.3 Å². The molecular weight excluding hydrogens is 248 g/mol. The fourth-order valence-corrected chi connectivity index (χ4v) is 2.04. The molecule has 1 N–H and O–H groups in total. The Morgan fingerprint density at radius 3 is 2.50 bits per heavy atom. The highest BCUT2D eigenvalue weighted by Gasteiger charge is 2.09. The van der Waals surface area contributed by atoms with E-state index in [1.807, 2.05) is 6.07 Å². The standard InChI is InChI=1S/C14H23ClN2O/c1-4-7-17(9-8-16(2)3)11-12-10-13(15)5-6-14(12)18/h5-6,10,18H,4,7-9,11H2,1-3H3. The van der Waals surface area contributed by atoms with Crippen LogP contribution in [0.1, 0.15) is 18.9 Å². The Bertz CT molecular complexity index is 369. The summed E-state index contributed by atoms with van der Waals surface area (Å²) < 4.78 is 0.